The number of hydrogen-bond acceptors (Lipinski definition) is 3. The maximum Gasteiger partial charge on any atom is 0.407 e. The number of alkyl carbamates (subject to hydrolysis) is 1. The molecule has 6 heteroatoms. The highest BCUT2D eigenvalue weighted by Gasteiger charge is 2.15. The van der Waals surface area contributed by atoms with E-state index >= 15 is 0 Å². The van der Waals surface area contributed by atoms with Crippen molar-refractivity contribution in [3.8, 4) is 0 Å². The molecule has 0 aliphatic carbocycles. The molecule has 6 nitrogen and oxygen atoms in total. The van der Waals surface area contributed by atoms with Gasteiger partial charge in [-0.25, -0.2) is 4.79 Å². The lowest BCUT2D eigenvalue weighted by molar-refractivity contribution is 0.0528. The summed E-state index contributed by atoms with van der Waals surface area (Å²) in [4.78, 5) is 22.3. The van der Waals surface area contributed by atoms with E-state index in [0.717, 1.165) is 0 Å². The fourth-order valence-electron chi connectivity index (χ4n) is 1.13. The third-order valence-corrected chi connectivity index (χ3v) is 1.79. The van der Waals surface area contributed by atoms with Crippen LogP contribution in [0.3, 0.4) is 0 Å². The zero-order valence-electron chi connectivity index (χ0n) is 9.72. The highest BCUT2D eigenvalue weighted by molar-refractivity contribution is 5.67. The number of aromatic amines is 2. The smallest absolute Gasteiger partial charge is 0.407 e. The van der Waals surface area contributed by atoms with Crippen molar-refractivity contribution < 1.29 is 9.53 Å². The van der Waals surface area contributed by atoms with Crippen LogP contribution in [0.1, 0.15) is 26.3 Å². The van der Waals surface area contributed by atoms with Gasteiger partial charge in [0.05, 0.1) is 0 Å². The standard InChI is InChI=1S/C10H17N3O3/c1-10(2,3)16-9(15)11-5-4-7-6-12-13-8(7)14/h6H,4-5H2,1-3H3,(H,11,15)(H2,12,13,14). The third kappa shape index (κ3) is 4.20. The summed E-state index contributed by atoms with van der Waals surface area (Å²) in [6.45, 7) is 5.76. The molecule has 0 spiro atoms. The molecule has 1 heterocycles. The van der Waals surface area contributed by atoms with Crippen molar-refractivity contribution in [2.24, 2.45) is 0 Å². The molecule has 0 aromatic carbocycles. The van der Waals surface area contributed by atoms with Gasteiger partial charge in [-0.3, -0.25) is 9.89 Å². The first-order chi connectivity index (χ1) is 7.38. The minimum atomic E-state index is -0.504. The molecule has 1 aromatic heterocycles. The maximum absolute atomic E-state index is 11.2. The van der Waals surface area contributed by atoms with Gasteiger partial charge >= 0.3 is 6.09 Å². The largest absolute Gasteiger partial charge is 0.444 e. The van der Waals surface area contributed by atoms with Crippen LogP contribution in [-0.2, 0) is 11.2 Å². The monoisotopic (exact) mass is 227 g/mol. The number of carbonyl (C=O) groups excluding carboxylic acids is 1. The Hall–Kier alpha value is -1.72. The van der Waals surface area contributed by atoms with Crippen LogP contribution in [0.25, 0.3) is 0 Å². The molecule has 1 amide bonds. The summed E-state index contributed by atoms with van der Waals surface area (Å²) >= 11 is 0. The number of H-pyrrole nitrogens is 2. The van der Waals surface area contributed by atoms with Gasteiger partial charge in [0.1, 0.15) is 5.60 Å². The van der Waals surface area contributed by atoms with Crippen molar-refractivity contribution in [3.05, 3.63) is 22.1 Å². The molecule has 0 saturated heterocycles. The van der Waals surface area contributed by atoms with Gasteiger partial charge in [0.2, 0.25) is 0 Å². The quantitative estimate of drug-likeness (QED) is 0.712. The SMILES string of the molecule is CC(C)(C)OC(=O)NCCc1c[nH][nH]c1=O. The van der Waals surface area contributed by atoms with Gasteiger partial charge in [-0.05, 0) is 27.2 Å². The van der Waals surface area contributed by atoms with Crippen molar-refractivity contribution in [1.82, 2.24) is 15.5 Å². The zero-order valence-corrected chi connectivity index (χ0v) is 9.72. The molecule has 3 N–H and O–H groups in total. The van der Waals surface area contributed by atoms with E-state index in [1.165, 1.54) is 0 Å². The summed E-state index contributed by atoms with van der Waals surface area (Å²) in [5.41, 5.74) is -0.0580. The van der Waals surface area contributed by atoms with Crippen LogP contribution >= 0.6 is 0 Å². The summed E-state index contributed by atoms with van der Waals surface area (Å²) in [6, 6.07) is 0. The summed E-state index contributed by atoms with van der Waals surface area (Å²) in [7, 11) is 0. The van der Waals surface area contributed by atoms with E-state index < -0.39 is 11.7 Å². The van der Waals surface area contributed by atoms with Crippen molar-refractivity contribution in [2.45, 2.75) is 32.8 Å². The molecule has 1 rings (SSSR count). The van der Waals surface area contributed by atoms with Gasteiger partial charge in [0, 0.05) is 18.3 Å². The van der Waals surface area contributed by atoms with E-state index in [9.17, 15) is 9.59 Å². The first-order valence-electron chi connectivity index (χ1n) is 5.10. The predicted molar refractivity (Wildman–Crippen MR) is 59.4 cm³/mol. The van der Waals surface area contributed by atoms with E-state index in [-0.39, 0.29) is 5.56 Å². The Bertz CT molecular complexity index is 400. The number of hydrogen-bond donors (Lipinski definition) is 3. The molecule has 0 fully saturated rings. The van der Waals surface area contributed by atoms with Crippen LogP contribution < -0.4 is 10.9 Å². The Morgan fingerprint density at radius 2 is 2.19 bits per heavy atom. The third-order valence-electron chi connectivity index (χ3n) is 1.79. The number of nitrogens with one attached hydrogen (secondary N) is 3. The molecular weight excluding hydrogens is 210 g/mol. The predicted octanol–water partition coefficient (Wildman–Crippen LogP) is 0.770. The van der Waals surface area contributed by atoms with Crippen LogP contribution in [0, 0.1) is 0 Å². The summed E-state index contributed by atoms with van der Waals surface area (Å²) in [6.07, 6.45) is 1.58. The summed E-state index contributed by atoms with van der Waals surface area (Å²) < 4.78 is 5.04. The average molecular weight is 227 g/mol. The van der Waals surface area contributed by atoms with Crippen molar-refractivity contribution >= 4 is 6.09 Å². The molecular formula is C10H17N3O3. The van der Waals surface area contributed by atoms with E-state index in [4.69, 9.17) is 4.74 Å². The molecule has 0 radical (unpaired) electrons. The van der Waals surface area contributed by atoms with Gasteiger partial charge in [0.15, 0.2) is 0 Å². The molecule has 0 bridgehead atoms. The Labute approximate surface area is 93.4 Å². The van der Waals surface area contributed by atoms with Crippen LogP contribution in [0.5, 0.6) is 0 Å². The topological polar surface area (TPSA) is 87.0 Å². The van der Waals surface area contributed by atoms with Gasteiger partial charge < -0.3 is 15.2 Å². The summed E-state index contributed by atoms with van der Waals surface area (Å²) in [5, 5.41) is 7.59. The number of rotatable bonds is 3. The van der Waals surface area contributed by atoms with E-state index in [2.05, 4.69) is 15.5 Å². The van der Waals surface area contributed by atoms with E-state index in [1.54, 1.807) is 27.0 Å². The van der Waals surface area contributed by atoms with Crippen LogP contribution in [-0.4, -0.2) is 28.4 Å². The lowest BCUT2D eigenvalue weighted by Crippen LogP contribution is -2.33. The molecule has 0 unspecified atom stereocenters. The number of amides is 1. The highest BCUT2D eigenvalue weighted by Crippen LogP contribution is 2.06. The second-order valence-corrected chi connectivity index (χ2v) is 4.45. The number of aromatic nitrogens is 2. The lowest BCUT2D eigenvalue weighted by Gasteiger charge is -2.19. The first kappa shape index (κ1) is 12.4. The first-order valence-corrected chi connectivity index (χ1v) is 5.10. The Balaban J connectivity index is 2.29. The Morgan fingerprint density at radius 1 is 1.50 bits per heavy atom. The highest BCUT2D eigenvalue weighted by atomic mass is 16.6. The molecule has 0 saturated carbocycles. The van der Waals surface area contributed by atoms with Crippen molar-refractivity contribution in [3.63, 3.8) is 0 Å². The van der Waals surface area contributed by atoms with Gasteiger partial charge in [-0.15, -0.1) is 0 Å². The summed E-state index contributed by atoms with van der Waals surface area (Å²) in [5.74, 6) is 0. The second-order valence-electron chi connectivity index (χ2n) is 4.45. The Kier molecular flexibility index (Phi) is 3.76. The van der Waals surface area contributed by atoms with Crippen LogP contribution in [0.2, 0.25) is 0 Å². The fraction of sp³-hybridized carbons (Fsp3) is 0.600. The molecule has 0 atom stereocenters. The van der Waals surface area contributed by atoms with Crippen LogP contribution in [0.15, 0.2) is 11.0 Å². The van der Waals surface area contributed by atoms with Crippen molar-refractivity contribution in [2.75, 3.05) is 6.54 Å². The molecule has 0 aliphatic heterocycles. The zero-order chi connectivity index (χ0) is 12.2. The molecule has 1 aromatic rings. The normalized spacial score (nSPS) is 11.2. The maximum atomic E-state index is 11.2. The second kappa shape index (κ2) is 4.87. The number of ether oxygens (including phenoxy) is 1. The Morgan fingerprint density at radius 3 is 2.69 bits per heavy atom. The van der Waals surface area contributed by atoms with Crippen LogP contribution in [0.4, 0.5) is 4.79 Å². The van der Waals surface area contributed by atoms with Gasteiger partial charge in [0.25, 0.3) is 5.56 Å². The fourth-order valence-corrected chi connectivity index (χ4v) is 1.13. The number of carbonyl (C=O) groups is 1. The molecule has 16 heavy (non-hydrogen) atoms. The minimum Gasteiger partial charge on any atom is -0.444 e. The lowest BCUT2D eigenvalue weighted by atomic mass is 10.2. The van der Waals surface area contributed by atoms with Gasteiger partial charge in [-0.1, -0.05) is 0 Å². The average Bonchev–Trinajstić information content (AvgIpc) is 2.48. The van der Waals surface area contributed by atoms with Gasteiger partial charge in [-0.2, -0.15) is 0 Å². The minimum absolute atomic E-state index is 0.161. The molecule has 0 aliphatic rings. The van der Waals surface area contributed by atoms with Crippen molar-refractivity contribution in [1.29, 1.82) is 0 Å². The molecule has 90 valence electrons. The van der Waals surface area contributed by atoms with E-state index in [0.29, 0.717) is 18.5 Å². The van der Waals surface area contributed by atoms with E-state index in [1.807, 2.05) is 0 Å².